The minimum Gasteiger partial charge on any atom is -0.465 e. The number of hydrogen-bond acceptors (Lipinski definition) is 7. The van der Waals surface area contributed by atoms with Crippen LogP contribution in [0.4, 0.5) is 5.13 Å². The molecule has 1 aliphatic rings. The van der Waals surface area contributed by atoms with Gasteiger partial charge < -0.3 is 4.74 Å². The molecular formula is C18H19N5O3S. The van der Waals surface area contributed by atoms with Gasteiger partial charge in [0.15, 0.2) is 10.8 Å². The second kappa shape index (κ2) is 6.73. The number of nitrogens with one attached hydrogen (secondary N) is 1. The Labute approximate surface area is 159 Å². The third kappa shape index (κ3) is 3.30. The number of ether oxygens (including phenoxy) is 1. The number of nitrogens with zero attached hydrogens (tertiary/aromatic N) is 4. The fraction of sp³-hybridized carbons (Fsp3) is 0.389. The Morgan fingerprint density at radius 3 is 2.78 bits per heavy atom. The number of esters is 1. The Hall–Kier alpha value is -2.81. The molecule has 0 atom stereocenters. The van der Waals surface area contributed by atoms with Crippen molar-refractivity contribution in [3.63, 3.8) is 0 Å². The molecule has 0 saturated heterocycles. The Morgan fingerprint density at radius 2 is 2.11 bits per heavy atom. The first-order valence-electron chi connectivity index (χ1n) is 8.71. The summed E-state index contributed by atoms with van der Waals surface area (Å²) in [7, 11) is 1.31. The summed E-state index contributed by atoms with van der Waals surface area (Å²) in [5.74, 6) is -0.367. The van der Waals surface area contributed by atoms with Crippen LogP contribution in [0.2, 0.25) is 0 Å². The van der Waals surface area contributed by atoms with Gasteiger partial charge in [-0.1, -0.05) is 11.3 Å². The summed E-state index contributed by atoms with van der Waals surface area (Å²) in [6.45, 7) is 4.06. The topological polar surface area (TPSA) is 99.0 Å². The van der Waals surface area contributed by atoms with E-state index < -0.39 is 5.97 Å². The van der Waals surface area contributed by atoms with Crippen molar-refractivity contribution in [3.8, 4) is 0 Å². The van der Waals surface area contributed by atoms with E-state index in [-0.39, 0.29) is 11.9 Å². The third-order valence-corrected chi connectivity index (χ3v) is 5.32. The van der Waals surface area contributed by atoms with Gasteiger partial charge in [-0.25, -0.2) is 19.4 Å². The molecule has 9 heteroatoms. The van der Waals surface area contributed by atoms with Crippen LogP contribution in [-0.2, 0) is 4.74 Å². The number of pyridine rings is 1. The van der Waals surface area contributed by atoms with Crippen molar-refractivity contribution in [3.05, 3.63) is 34.6 Å². The summed E-state index contributed by atoms with van der Waals surface area (Å²) in [5.41, 5.74) is 2.15. The molecule has 0 bridgehead atoms. The second-order valence-corrected chi connectivity index (χ2v) is 7.80. The number of anilines is 1. The molecule has 0 spiro atoms. The van der Waals surface area contributed by atoms with E-state index >= 15 is 0 Å². The summed E-state index contributed by atoms with van der Waals surface area (Å²) in [5, 5.41) is 8.22. The predicted octanol–water partition coefficient (Wildman–Crippen LogP) is 3.39. The van der Waals surface area contributed by atoms with Gasteiger partial charge in [0.1, 0.15) is 4.88 Å². The van der Waals surface area contributed by atoms with E-state index in [0.717, 1.165) is 29.9 Å². The van der Waals surface area contributed by atoms with E-state index in [1.165, 1.54) is 13.3 Å². The Balaban J connectivity index is 1.70. The minimum absolute atomic E-state index is 0.141. The first kappa shape index (κ1) is 17.6. The Kier molecular flexibility index (Phi) is 4.39. The van der Waals surface area contributed by atoms with Gasteiger partial charge in [-0.05, 0) is 32.8 Å². The molecule has 4 rings (SSSR count). The lowest BCUT2D eigenvalue weighted by atomic mass is 10.1. The highest BCUT2D eigenvalue weighted by Gasteiger charge is 2.28. The maximum absolute atomic E-state index is 12.9. The van der Waals surface area contributed by atoms with E-state index in [1.807, 2.05) is 24.6 Å². The maximum atomic E-state index is 12.9. The number of rotatable bonds is 5. The predicted molar refractivity (Wildman–Crippen MR) is 101 cm³/mol. The largest absolute Gasteiger partial charge is 0.465 e. The van der Waals surface area contributed by atoms with Crippen molar-refractivity contribution >= 4 is 39.4 Å². The fourth-order valence-electron chi connectivity index (χ4n) is 2.88. The Morgan fingerprint density at radius 1 is 1.33 bits per heavy atom. The van der Waals surface area contributed by atoms with Gasteiger partial charge in [0.05, 0.1) is 30.5 Å². The molecule has 1 N–H and O–H groups in total. The van der Waals surface area contributed by atoms with Crippen LogP contribution in [-0.4, -0.2) is 38.7 Å². The van der Waals surface area contributed by atoms with Gasteiger partial charge in [0.25, 0.3) is 5.91 Å². The molecule has 27 heavy (non-hydrogen) atoms. The smallest absolute Gasteiger partial charge is 0.349 e. The number of carbonyl (C=O) groups is 2. The summed E-state index contributed by atoms with van der Waals surface area (Å²) in [4.78, 5) is 33.7. The summed E-state index contributed by atoms with van der Waals surface area (Å²) in [6.07, 6.45) is 5.24. The first-order chi connectivity index (χ1) is 13.0. The zero-order valence-electron chi connectivity index (χ0n) is 15.2. The van der Waals surface area contributed by atoms with Gasteiger partial charge >= 0.3 is 5.97 Å². The van der Waals surface area contributed by atoms with E-state index in [4.69, 9.17) is 4.98 Å². The van der Waals surface area contributed by atoms with Crippen molar-refractivity contribution in [2.45, 2.75) is 38.6 Å². The molecule has 3 aromatic rings. The molecule has 1 aliphatic carbocycles. The number of carbonyl (C=O) groups excluding carboxylic acids is 2. The number of amides is 1. The molecule has 3 aromatic heterocycles. The van der Waals surface area contributed by atoms with Gasteiger partial charge in [-0.3, -0.25) is 10.1 Å². The molecular weight excluding hydrogens is 366 g/mol. The quantitative estimate of drug-likeness (QED) is 0.676. The molecule has 0 radical (unpaired) electrons. The number of fused-ring (bicyclic) bond motifs is 1. The monoisotopic (exact) mass is 385 g/mol. The van der Waals surface area contributed by atoms with Crippen LogP contribution in [0.5, 0.6) is 0 Å². The first-order valence-corrected chi connectivity index (χ1v) is 9.53. The summed E-state index contributed by atoms with van der Waals surface area (Å²) >= 11 is 1.07. The lowest BCUT2D eigenvalue weighted by Gasteiger charge is -2.10. The van der Waals surface area contributed by atoms with Crippen molar-refractivity contribution in [1.29, 1.82) is 0 Å². The Bertz CT molecular complexity index is 1030. The molecule has 140 valence electrons. The average molecular weight is 385 g/mol. The number of methoxy groups -OCH3 is 1. The molecule has 8 nitrogen and oxygen atoms in total. The SMILES string of the molecule is COC(=O)c1cnc(NC(=O)c2cc(C3CC3)nc3c2cnn3C(C)C)s1. The molecule has 0 aromatic carbocycles. The zero-order chi connectivity index (χ0) is 19.1. The van der Waals surface area contributed by atoms with E-state index in [1.54, 1.807) is 6.20 Å². The summed E-state index contributed by atoms with van der Waals surface area (Å²) in [6, 6.07) is 1.98. The van der Waals surface area contributed by atoms with Crippen LogP contribution in [0.15, 0.2) is 18.5 Å². The van der Waals surface area contributed by atoms with Crippen LogP contribution in [0.1, 0.15) is 64.4 Å². The van der Waals surface area contributed by atoms with E-state index in [9.17, 15) is 9.59 Å². The standard InChI is InChI=1S/C18H19N5O3S/c1-9(2)23-15-12(7-20-23)11(6-13(21-15)10-4-5-10)16(24)22-18-19-8-14(27-18)17(25)26-3/h6-10H,4-5H2,1-3H3,(H,19,22,24). The van der Waals surface area contributed by atoms with Crippen LogP contribution in [0.25, 0.3) is 11.0 Å². The number of thiazole rings is 1. The van der Waals surface area contributed by atoms with Crippen molar-refractivity contribution in [2.75, 3.05) is 12.4 Å². The highest BCUT2D eigenvalue weighted by atomic mass is 32.1. The second-order valence-electron chi connectivity index (χ2n) is 6.76. The third-order valence-electron chi connectivity index (χ3n) is 4.43. The lowest BCUT2D eigenvalue weighted by molar-refractivity contribution is 0.0606. The average Bonchev–Trinajstić information content (AvgIpc) is 3.25. The van der Waals surface area contributed by atoms with Gasteiger partial charge in [-0.2, -0.15) is 5.10 Å². The van der Waals surface area contributed by atoms with Gasteiger partial charge in [-0.15, -0.1) is 0 Å². The maximum Gasteiger partial charge on any atom is 0.349 e. The molecule has 3 heterocycles. The van der Waals surface area contributed by atoms with Crippen molar-refractivity contribution < 1.29 is 14.3 Å². The normalized spacial score (nSPS) is 13.9. The summed E-state index contributed by atoms with van der Waals surface area (Å²) < 4.78 is 6.50. The van der Waals surface area contributed by atoms with Crippen LogP contribution in [0, 0.1) is 0 Å². The fourth-order valence-corrected chi connectivity index (χ4v) is 3.61. The molecule has 0 unspecified atom stereocenters. The van der Waals surface area contributed by atoms with E-state index in [2.05, 4.69) is 20.1 Å². The number of hydrogen-bond donors (Lipinski definition) is 1. The van der Waals surface area contributed by atoms with Crippen LogP contribution >= 0.6 is 11.3 Å². The highest BCUT2D eigenvalue weighted by Crippen LogP contribution is 2.40. The number of aromatic nitrogens is 4. The van der Waals surface area contributed by atoms with Crippen LogP contribution in [0.3, 0.4) is 0 Å². The van der Waals surface area contributed by atoms with Crippen molar-refractivity contribution in [1.82, 2.24) is 19.7 Å². The highest BCUT2D eigenvalue weighted by molar-refractivity contribution is 7.17. The molecule has 1 amide bonds. The van der Waals surface area contributed by atoms with Gasteiger partial charge in [0.2, 0.25) is 0 Å². The molecule has 1 fully saturated rings. The van der Waals surface area contributed by atoms with Crippen LogP contribution < -0.4 is 5.32 Å². The van der Waals surface area contributed by atoms with Gasteiger partial charge in [0, 0.05) is 17.7 Å². The minimum atomic E-state index is -0.478. The lowest BCUT2D eigenvalue weighted by Crippen LogP contribution is -2.13. The molecule has 0 aliphatic heterocycles. The zero-order valence-corrected chi connectivity index (χ0v) is 16.0. The van der Waals surface area contributed by atoms with E-state index in [0.29, 0.717) is 32.5 Å². The van der Waals surface area contributed by atoms with Crippen molar-refractivity contribution in [2.24, 2.45) is 0 Å². The molecule has 1 saturated carbocycles.